The number of imidazole rings is 1. The SMILES string of the molecule is NCc1ccc2nc(-c3ccc(F)cn3)cn2c1. The number of halogens is 1. The average Bonchev–Trinajstić information content (AvgIpc) is 2.82. The summed E-state index contributed by atoms with van der Waals surface area (Å²) >= 11 is 0. The summed E-state index contributed by atoms with van der Waals surface area (Å²) in [5.74, 6) is -0.354. The molecule has 3 rings (SSSR count). The molecular formula is C13H11FN4. The molecule has 18 heavy (non-hydrogen) atoms. The fourth-order valence-corrected chi connectivity index (χ4v) is 1.81. The number of pyridine rings is 2. The monoisotopic (exact) mass is 242 g/mol. The first-order valence-corrected chi connectivity index (χ1v) is 5.56. The van der Waals surface area contributed by atoms with Crippen molar-refractivity contribution in [2.45, 2.75) is 6.54 Å². The molecule has 0 aromatic carbocycles. The van der Waals surface area contributed by atoms with E-state index in [0.717, 1.165) is 11.2 Å². The van der Waals surface area contributed by atoms with Crippen LogP contribution in [0.15, 0.2) is 42.9 Å². The molecular weight excluding hydrogens is 231 g/mol. The molecule has 4 nitrogen and oxygen atoms in total. The molecule has 5 heteroatoms. The van der Waals surface area contributed by atoms with Gasteiger partial charge in [0.1, 0.15) is 17.2 Å². The van der Waals surface area contributed by atoms with Gasteiger partial charge in [0.2, 0.25) is 0 Å². The Morgan fingerprint density at radius 2 is 2.00 bits per heavy atom. The average molecular weight is 242 g/mol. The highest BCUT2D eigenvalue weighted by molar-refractivity contribution is 5.58. The van der Waals surface area contributed by atoms with Gasteiger partial charge in [0, 0.05) is 18.9 Å². The number of aromatic nitrogens is 3. The molecule has 0 amide bonds. The van der Waals surface area contributed by atoms with Crippen molar-refractivity contribution in [2.75, 3.05) is 0 Å². The van der Waals surface area contributed by atoms with Crippen molar-refractivity contribution in [1.82, 2.24) is 14.4 Å². The topological polar surface area (TPSA) is 56.2 Å². The highest BCUT2D eigenvalue weighted by Crippen LogP contribution is 2.17. The van der Waals surface area contributed by atoms with Gasteiger partial charge in [-0.2, -0.15) is 0 Å². The third kappa shape index (κ3) is 1.84. The van der Waals surface area contributed by atoms with E-state index >= 15 is 0 Å². The molecule has 0 atom stereocenters. The second-order valence-electron chi connectivity index (χ2n) is 3.99. The fourth-order valence-electron chi connectivity index (χ4n) is 1.81. The smallest absolute Gasteiger partial charge is 0.141 e. The molecule has 0 saturated carbocycles. The van der Waals surface area contributed by atoms with Gasteiger partial charge >= 0.3 is 0 Å². The van der Waals surface area contributed by atoms with Crippen LogP contribution in [-0.4, -0.2) is 14.4 Å². The van der Waals surface area contributed by atoms with Gasteiger partial charge in [0.15, 0.2) is 0 Å². The molecule has 0 saturated heterocycles. The van der Waals surface area contributed by atoms with E-state index in [1.807, 2.05) is 28.9 Å². The Hall–Kier alpha value is -2.27. The first-order valence-electron chi connectivity index (χ1n) is 5.56. The van der Waals surface area contributed by atoms with Crippen LogP contribution in [0.3, 0.4) is 0 Å². The summed E-state index contributed by atoms with van der Waals surface area (Å²) in [6.45, 7) is 0.484. The number of rotatable bonds is 2. The molecule has 3 aromatic heterocycles. The maximum Gasteiger partial charge on any atom is 0.141 e. The first kappa shape index (κ1) is 10.9. The molecule has 3 aromatic rings. The highest BCUT2D eigenvalue weighted by Gasteiger charge is 2.06. The van der Waals surface area contributed by atoms with Gasteiger partial charge < -0.3 is 10.1 Å². The van der Waals surface area contributed by atoms with Crippen molar-refractivity contribution < 1.29 is 4.39 Å². The fraction of sp³-hybridized carbons (Fsp3) is 0.0769. The van der Waals surface area contributed by atoms with Crippen LogP contribution in [-0.2, 0) is 6.54 Å². The number of hydrogen-bond donors (Lipinski definition) is 1. The maximum absolute atomic E-state index is 12.8. The molecule has 0 aliphatic carbocycles. The number of hydrogen-bond acceptors (Lipinski definition) is 3. The van der Waals surface area contributed by atoms with Gasteiger partial charge in [-0.3, -0.25) is 4.98 Å². The van der Waals surface area contributed by atoms with E-state index in [2.05, 4.69) is 9.97 Å². The lowest BCUT2D eigenvalue weighted by Gasteiger charge is -1.96. The quantitative estimate of drug-likeness (QED) is 0.747. The van der Waals surface area contributed by atoms with E-state index < -0.39 is 0 Å². The van der Waals surface area contributed by atoms with Gasteiger partial charge in [-0.05, 0) is 23.8 Å². The largest absolute Gasteiger partial charge is 0.326 e. The van der Waals surface area contributed by atoms with Crippen molar-refractivity contribution in [1.29, 1.82) is 0 Å². The Labute approximate surface area is 103 Å². The van der Waals surface area contributed by atoms with E-state index in [-0.39, 0.29) is 5.82 Å². The van der Waals surface area contributed by atoms with Crippen LogP contribution in [0.1, 0.15) is 5.56 Å². The lowest BCUT2D eigenvalue weighted by Crippen LogP contribution is -1.97. The Morgan fingerprint density at radius 1 is 1.11 bits per heavy atom. The molecule has 90 valence electrons. The summed E-state index contributed by atoms with van der Waals surface area (Å²) in [7, 11) is 0. The van der Waals surface area contributed by atoms with E-state index in [0.29, 0.717) is 17.9 Å². The van der Waals surface area contributed by atoms with Gasteiger partial charge in [0.25, 0.3) is 0 Å². The predicted octanol–water partition coefficient (Wildman–Crippen LogP) is 1.99. The molecule has 0 aliphatic heterocycles. The van der Waals surface area contributed by atoms with Crippen molar-refractivity contribution in [2.24, 2.45) is 5.73 Å². The van der Waals surface area contributed by atoms with Gasteiger partial charge in [-0.25, -0.2) is 9.37 Å². The Balaban J connectivity index is 2.10. The number of nitrogens with two attached hydrogens (primary N) is 1. The highest BCUT2D eigenvalue weighted by atomic mass is 19.1. The van der Waals surface area contributed by atoms with Crippen LogP contribution >= 0.6 is 0 Å². The summed E-state index contributed by atoms with van der Waals surface area (Å²) in [6.07, 6.45) is 4.97. The van der Waals surface area contributed by atoms with E-state index in [1.165, 1.54) is 12.3 Å². The maximum atomic E-state index is 12.8. The van der Waals surface area contributed by atoms with Crippen molar-refractivity contribution in [3.05, 3.63) is 54.2 Å². The number of nitrogens with zero attached hydrogens (tertiary/aromatic N) is 3. The van der Waals surface area contributed by atoms with Crippen LogP contribution in [0.4, 0.5) is 4.39 Å². The zero-order chi connectivity index (χ0) is 12.5. The molecule has 0 spiro atoms. The minimum absolute atomic E-state index is 0.354. The standard InChI is InChI=1S/C13H11FN4/c14-10-2-3-11(16-6-10)12-8-18-7-9(5-15)1-4-13(18)17-12/h1-4,6-8H,5,15H2. The second-order valence-corrected chi connectivity index (χ2v) is 3.99. The molecule has 2 N–H and O–H groups in total. The van der Waals surface area contributed by atoms with E-state index in [9.17, 15) is 4.39 Å². The summed E-state index contributed by atoms with van der Waals surface area (Å²) < 4.78 is 14.7. The second kappa shape index (κ2) is 4.19. The lowest BCUT2D eigenvalue weighted by molar-refractivity contribution is 0.622. The molecule has 0 fully saturated rings. The number of fused-ring (bicyclic) bond motifs is 1. The summed E-state index contributed by atoms with van der Waals surface area (Å²) in [5, 5.41) is 0. The van der Waals surface area contributed by atoms with Crippen LogP contribution < -0.4 is 5.73 Å². The van der Waals surface area contributed by atoms with Gasteiger partial charge in [-0.1, -0.05) is 6.07 Å². The van der Waals surface area contributed by atoms with E-state index in [1.54, 1.807) is 6.07 Å². The Morgan fingerprint density at radius 3 is 2.72 bits per heavy atom. The van der Waals surface area contributed by atoms with Crippen LogP contribution in [0.25, 0.3) is 17.0 Å². The molecule has 0 bridgehead atoms. The Kier molecular flexibility index (Phi) is 2.53. The third-order valence-electron chi connectivity index (χ3n) is 2.74. The predicted molar refractivity (Wildman–Crippen MR) is 66.3 cm³/mol. The summed E-state index contributed by atoms with van der Waals surface area (Å²) in [6, 6.07) is 6.82. The first-order chi connectivity index (χ1) is 8.76. The minimum Gasteiger partial charge on any atom is -0.326 e. The normalized spacial score (nSPS) is 11.0. The van der Waals surface area contributed by atoms with Crippen molar-refractivity contribution >= 4 is 5.65 Å². The van der Waals surface area contributed by atoms with E-state index in [4.69, 9.17) is 5.73 Å². The Bertz CT molecular complexity index is 688. The van der Waals surface area contributed by atoms with Crippen molar-refractivity contribution in [3.8, 4) is 11.4 Å². The third-order valence-corrected chi connectivity index (χ3v) is 2.74. The molecule has 0 unspecified atom stereocenters. The zero-order valence-corrected chi connectivity index (χ0v) is 9.55. The van der Waals surface area contributed by atoms with Gasteiger partial charge in [-0.15, -0.1) is 0 Å². The lowest BCUT2D eigenvalue weighted by atomic mass is 10.3. The minimum atomic E-state index is -0.354. The van der Waals surface area contributed by atoms with Crippen molar-refractivity contribution in [3.63, 3.8) is 0 Å². The van der Waals surface area contributed by atoms with Crippen LogP contribution in [0.5, 0.6) is 0 Å². The zero-order valence-electron chi connectivity index (χ0n) is 9.55. The van der Waals surface area contributed by atoms with Crippen LogP contribution in [0, 0.1) is 5.82 Å². The summed E-state index contributed by atoms with van der Waals surface area (Å²) in [4.78, 5) is 8.44. The molecule has 0 aliphatic rings. The van der Waals surface area contributed by atoms with Gasteiger partial charge in [0.05, 0.1) is 11.9 Å². The molecule has 0 radical (unpaired) electrons. The molecule has 3 heterocycles. The summed E-state index contributed by atoms with van der Waals surface area (Å²) in [5.41, 5.74) is 8.79. The van der Waals surface area contributed by atoms with Crippen LogP contribution in [0.2, 0.25) is 0 Å².